The number of allylic oxidation sites excluding steroid dienone is 2. The van der Waals surface area contributed by atoms with Gasteiger partial charge in [0.1, 0.15) is 6.10 Å². The van der Waals surface area contributed by atoms with Gasteiger partial charge in [0, 0.05) is 19.4 Å². The molecule has 1 aliphatic heterocycles. The summed E-state index contributed by atoms with van der Waals surface area (Å²) in [5.74, 6) is -0.148. The highest BCUT2D eigenvalue weighted by Gasteiger charge is 2.13. The Hall–Kier alpha value is -0.830. The van der Waals surface area contributed by atoms with Crippen LogP contribution < -0.4 is 0 Å². The van der Waals surface area contributed by atoms with Crippen LogP contribution in [0.15, 0.2) is 12.2 Å². The Bertz CT molecular complexity index is 187. The Morgan fingerprint density at radius 3 is 3.00 bits per heavy atom. The summed E-state index contributed by atoms with van der Waals surface area (Å²) in [5.41, 5.74) is 0. The van der Waals surface area contributed by atoms with Crippen molar-refractivity contribution in [2.45, 2.75) is 38.2 Å². The van der Waals surface area contributed by atoms with Crippen LogP contribution in [0.4, 0.5) is 0 Å². The summed E-state index contributed by atoms with van der Waals surface area (Å²) in [6.45, 7) is 0.0850. The number of aliphatic hydroxyl groups excluding tert-OH is 1. The highest BCUT2D eigenvalue weighted by Crippen LogP contribution is 2.12. The fraction of sp³-hybridized carbons (Fsp3) is 0.700. The van der Waals surface area contributed by atoms with Crippen LogP contribution in [0.3, 0.4) is 0 Å². The fourth-order valence-corrected chi connectivity index (χ4v) is 1.37. The highest BCUT2D eigenvalue weighted by atomic mass is 16.5. The standard InChI is InChI=1S/C10H16O3/c11-8-7-9-5-3-1-2-4-6-10(12)13-9/h1-2,9,11H,3-8H2/b2-1+. The molecular weight excluding hydrogens is 168 g/mol. The molecule has 74 valence electrons. The lowest BCUT2D eigenvalue weighted by Gasteiger charge is -2.14. The molecule has 0 saturated heterocycles. The molecule has 0 aromatic heterocycles. The topological polar surface area (TPSA) is 46.5 Å². The molecule has 0 bridgehead atoms. The van der Waals surface area contributed by atoms with Crippen LogP contribution in [0.5, 0.6) is 0 Å². The SMILES string of the molecule is O=C1CC/C=C/CCC(CCO)O1. The molecule has 0 spiro atoms. The van der Waals surface area contributed by atoms with Crippen molar-refractivity contribution in [3.8, 4) is 0 Å². The molecular formula is C10H16O3. The lowest BCUT2D eigenvalue weighted by molar-refractivity contribution is -0.149. The van der Waals surface area contributed by atoms with Gasteiger partial charge in [-0.15, -0.1) is 0 Å². The van der Waals surface area contributed by atoms with E-state index in [4.69, 9.17) is 9.84 Å². The minimum atomic E-state index is -0.148. The van der Waals surface area contributed by atoms with Gasteiger partial charge in [0.25, 0.3) is 0 Å². The van der Waals surface area contributed by atoms with E-state index in [9.17, 15) is 4.79 Å². The number of hydrogen-bond acceptors (Lipinski definition) is 3. The highest BCUT2D eigenvalue weighted by molar-refractivity contribution is 5.69. The molecule has 1 unspecified atom stereocenters. The Morgan fingerprint density at radius 1 is 1.46 bits per heavy atom. The van der Waals surface area contributed by atoms with Crippen molar-refractivity contribution in [3.05, 3.63) is 12.2 Å². The zero-order valence-corrected chi connectivity index (χ0v) is 7.74. The van der Waals surface area contributed by atoms with Gasteiger partial charge >= 0.3 is 5.97 Å². The molecule has 0 fully saturated rings. The second kappa shape index (κ2) is 5.75. The van der Waals surface area contributed by atoms with E-state index in [1.165, 1.54) is 0 Å². The summed E-state index contributed by atoms with van der Waals surface area (Å²) < 4.78 is 5.17. The van der Waals surface area contributed by atoms with Gasteiger partial charge in [-0.05, 0) is 19.3 Å². The summed E-state index contributed by atoms with van der Waals surface area (Å²) in [5, 5.41) is 8.73. The number of carbonyl (C=O) groups excluding carboxylic acids is 1. The third-order valence-electron chi connectivity index (χ3n) is 2.09. The zero-order chi connectivity index (χ0) is 9.52. The van der Waals surface area contributed by atoms with Gasteiger partial charge in [-0.25, -0.2) is 0 Å². The summed E-state index contributed by atoms with van der Waals surface area (Å²) in [6, 6.07) is 0. The van der Waals surface area contributed by atoms with Gasteiger partial charge in [0.05, 0.1) is 0 Å². The lowest BCUT2D eigenvalue weighted by atomic mass is 10.1. The second-order valence-corrected chi connectivity index (χ2v) is 3.21. The second-order valence-electron chi connectivity index (χ2n) is 3.21. The van der Waals surface area contributed by atoms with Crippen molar-refractivity contribution in [3.63, 3.8) is 0 Å². The molecule has 1 aliphatic rings. The van der Waals surface area contributed by atoms with E-state index < -0.39 is 0 Å². The van der Waals surface area contributed by atoms with Gasteiger partial charge in [-0.3, -0.25) is 4.79 Å². The first-order valence-corrected chi connectivity index (χ1v) is 4.78. The largest absolute Gasteiger partial charge is 0.462 e. The number of cyclic esters (lactones) is 1. The van der Waals surface area contributed by atoms with Gasteiger partial charge in [-0.2, -0.15) is 0 Å². The number of hydrogen-bond donors (Lipinski definition) is 1. The number of esters is 1. The Kier molecular flexibility index (Phi) is 4.54. The first-order valence-electron chi connectivity index (χ1n) is 4.78. The van der Waals surface area contributed by atoms with Crippen LogP contribution in [-0.4, -0.2) is 23.8 Å². The zero-order valence-electron chi connectivity index (χ0n) is 7.74. The van der Waals surface area contributed by atoms with E-state index in [2.05, 4.69) is 6.08 Å². The summed E-state index contributed by atoms with van der Waals surface area (Å²) >= 11 is 0. The molecule has 1 heterocycles. The third kappa shape index (κ3) is 4.08. The maximum Gasteiger partial charge on any atom is 0.306 e. The fourth-order valence-electron chi connectivity index (χ4n) is 1.37. The molecule has 0 saturated carbocycles. The maximum atomic E-state index is 11.1. The van der Waals surface area contributed by atoms with E-state index in [0.717, 1.165) is 19.3 Å². The van der Waals surface area contributed by atoms with Crippen LogP contribution >= 0.6 is 0 Å². The van der Waals surface area contributed by atoms with Crippen molar-refractivity contribution in [2.24, 2.45) is 0 Å². The van der Waals surface area contributed by atoms with Gasteiger partial charge in [0.15, 0.2) is 0 Å². The predicted octanol–water partition coefficient (Wildman–Crippen LogP) is 1.41. The van der Waals surface area contributed by atoms with Crippen molar-refractivity contribution < 1.29 is 14.6 Å². The third-order valence-corrected chi connectivity index (χ3v) is 2.09. The van der Waals surface area contributed by atoms with Crippen molar-refractivity contribution in [1.29, 1.82) is 0 Å². The molecule has 3 nitrogen and oxygen atoms in total. The molecule has 3 heteroatoms. The van der Waals surface area contributed by atoms with Crippen LogP contribution in [0.25, 0.3) is 0 Å². The quantitative estimate of drug-likeness (QED) is 0.521. The Balaban J connectivity index is 2.43. The molecule has 0 radical (unpaired) electrons. The number of ether oxygens (including phenoxy) is 1. The van der Waals surface area contributed by atoms with Gasteiger partial charge in [0.2, 0.25) is 0 Å². The predicted molar refractivity (Wildman–Crippen MR) is 49.2 cm³/mol. The van der Waals surface area contributed by atoms with Gasteiger partial charge in [-0.1, -0.05) is 12.2 Å². The minimum absolute atomic E-state index is 0.0850. The molecule has 0 aromatic rings. The molecule has 1 rings (SSSR count). The first kappa shape index (κ1) is 10.3. The van der Waals surface area contributed by atoms with Crippen LogP contribution in [0, 0.1) is 0 Å². The lowest BCUT2D eigenvalue weighted by Crippen LogP contribution is -2.18. The Labute approximate surface area is 78.4 Å². The first-order chi connectivity index (χ1) is 6.33. The van der Waals surface area contributed by atoms with Crippen LogP contribution in [0.1, 0.15) is 32.1 Å². The summed E-state index contributed by atoms with van der Waals surface area (Å²) in [4.78, 5) is 11.1. The average molecular weight is 184 g/mol. The van der Waals surface area contributed by atoms with Crippen LogP contribution in [0.2, 0.25) is 0 Å². The van der Waals surface area contributed by atoms with E-state index >= 15 is 0 Å². The van der Waals surface area contributed by atoms with Gasteiger partial charge < -0.3 is 9.84 Å². The minimum Gasteiger partial charge on any atom is -0.462 e. The average Bonchev–Trinajstić information content (AvgIpc) is 2.18. The molecule has 0 aromatic carbocycles. The summed E-state index contributed by atoms with van der Waals surface area (Å²) in [7, 11) is 0. The van der Waals surface area contributed by atoms with Crippen molar-refractivity contribution in [2.75, 3.05) is 6.61 Å². The number of rotatable bonds is 2. The summed E-state index contributed by atoms with van der Waals surface area (Å²) in [6.07, 6.45) is 7.53. The van der Waals surface area contributed by atoms with E-state index in [0.29, 0.717) is 12.8 Å². The van der Waals surface area contributed by atoms with E-state index in [-0.39, 0.29) is 18.7 Å². The monoisotopic (exact) mass is 184 g/mol. The van der Waals surface area contributed by atoms with E-state index in [1.807, 2.05) is 6.08 Å². The smallest absolute Gasteiger partial charge is 0.306 e. The number of aliphatic hydroxyl groups is 1. The molecule has 0 aliphatic carbocycles. The van der Waals surface area contributed by atoms with Crippen LogP contribution in [-0.2, 0) is 9.53 Å². The molecule has 1 atom stereocenters. The number of carbonyl (C=O) groups is 1. The van der Waals surface area contributed by atoms with E-state index in [1.54, 1.807) is 0 Å². The van der Waals surface area contributed by atoms with Crippen molar-refractivity contribution in [1.82, 2.24) is 0 Å². The Morgan fingerprint density at radius 2 is 2.23 bits per heavy atom. The maximum absolute atomic E-state index is 11.1. The van der Waals surface area contributed by atoms with Crippen molar-refractivity contribution >= 4 is 5.97 Å². The molecule has 1 N–H and O–H groups in total. The normalized spacial score (nSPS) is 26.8. The molecule has 0 amide bonds. The molecule has 13 heavy (non-hydrogen) atoms.